The van der Waals surface area contributed by atoms with E-state index in [1.54, 1.807) is 0 Å². The molecule has 1 aromatic carbocycles. The van der Waals surface area contributed by atoms with E-state index in [1.807, 2.05) is 24.3 Å². The number of benzene rings is 1. The fraction of sp³-hybridized carbons (Fsp3) is 0.647. The molecule has 0 saturated carbocycles. The predicted molar refractivity (Wildman–Crippen MR) is 88.9 cm³/mol. The number of halogens is 1. The third-order valence-corrected chi connectivity index (χ3v) is 3.20. The second-order valence-corrected chi connectivity index (χ2v) is 6.38. The van der Waals surface area contributed by atoms with E-state index in [-0.39, 0.29) is 6.10 Å². The van der Waals surface area contributed by atoms with Gasteiger partial charge in [-0.2, -0.15) is 0 Å². The summed E-state index contributed by atoms with van der Waals surface area (Å²) >= 11 is 5.94. The molecule has 0 bridgehead atoms. The van der Waals surface area contributed by atoms with Crippen LogP contribution in [0.3, 0.4) is 0 Å². The molecule has 3 nitrogen and oxygen atoms in total. The van der Waals surface area contributed by atoms with E-state index in [4.69, 9.17) is 21.1 Å². The Morgan fingerprint density at radius 1 is 1.05 bits per heavy atom. The zero-order chi connectivity index (χ0) is 15.7. The number of rotatable bonds is 10. The molecule has 1 atom stereocenters. The lowest BCUT2D eigenvalue weighted by Gasteiger charge is -2.21. The minimum absolute atomic E-state index is 0.0207. The maximum absolute atomic E-state index is 5.97. The van der Waals surface area contributed by atoms with Crippen molar-refractivity contribution in [2.45, 2.75) is 39.8 Å². The maximum Gasteiger partial charge on any atom is 0.0950 e. The van der Waals surface area contributed by atoms with Gasteiger partial charge >= 0.3 is 0 Å². The van der Waals surface area contributed by atoms with Crippen molar-refractivity contribution in [3.05, 3.63) is 34.9 Å². The van der Waals surface area contributed by atoms with Crippen molar-refractivity contribution in [3.63, 3.8) is 0 Å². The molecular formula is C17H28ClNO2. The molecule has 0 heterocycles. The number of nitrogens with one attached hydrogen (secondary N) is 1. The fourth-order valence-corrected chi connectivity index (χ4v) is 1.99. The lowest BCUT2D eigenvalue weighted by atomic mass is 10.1. The van der Waals surface area contributed by atoms with Crippen molar-refractivity contribution >= 4 is 11.6 Å². The molecular weight excluding hydrogens is 286 g/mol. The zero-order valence-corrected chi connectivity index (χ0v) is 14.3. The first-order chi connectivity index (χ1) is 9.99. The van der Waals surface area contributed by atoms with Gasteiger partial charge in [0.1, 0.15) is 0 Å². The van der Waals surface area contributed by atoms with Crippen LogP contribution in [0.4, 0.5) is 0 Å². The van der Waals surface area contributed by atoms with Crippen molar-refractivity contribution in [3.8, 4) is 0 Å². The van der Waals surface area contributed by atoms with Crippen molar-refractivity contribution in [1.82, 2.24) is 5.32 Å². The monoisotopic (exact) mass is 313 g/mol. The lowest BCUT2D eigenvalue weighted by molar-refractivity contribution is -0.00190. The van der Waals surface area contributed by atoms with Crippen LogP contribution in [0.1, 0.15) is 39.4 Å². The average molecular weight is 314 g/mol. The Hall–Kier alpha value is -0.610. The molecule has 0 radical (unpaired) electrons. The van der Waals surface area contributed by atoms with Gasteiger partial charge < -0.3 is 14.8 Å². The third kappa shape index (κ3) is 8.42. The van der Waals surface area contributed by atoms with Gasteiger partial charge in [-0.1, -0.05) is 51.4 Å². The molecule has 0 saturated heterocycles. The quantitative estimate of drug-likeness (QED) is 0.661. The van der Waals surface area contributed by atoms with E-state index >= 15 is 0 Å². The van der Waals surface area contributed by atoms with Crippen LogP contribution in [0.5, 0.6) is 0 Å². The molecule has 0 amide bonds. The van der Waals surface area contributed by atoms with Crippen molar-refractivity contribution in [1.29, 1.82) is 0 Å². The molecule has 0 aliphatic carbocycles. The maximum atomic E-state index is 5.97. The summed E-state index contributed by atoms with van der Waals surface area (Å²) < 4.78 is 11.5. The van der Waals surface area contributed by atoms with Crippen LogP contribution in [0.15, 0.2) is 24.3 Å². The summed E-state index contributed by atoms with van der Waals surface area (Å²) in [5.41, 5.74) is 1.14. The zero-order valence-electron chi connectivity index (χ0n) is 13.6. The topological polar surface area (TPSA) is 30.5 Å². The Morgan fingerprint density at radius 3 is 2.29 bits per heavy atom. The van der Waals surface area contributed by atoms with Crippen molar-refractivity contribution in [2.24, 2.45) is 5.92 Å². The van der Waals surface area contributed by atoms with Gasteiger partial charge in [0.25, 0.3) is 0 Å². The molecule has 0 aliphatic rings. The second-order valence-electron chi connectivity index (χ2n) is 5.94. The van der Waals surface area contributed by atoms with Gasteiger partial charge in [0.15, 0.2) is 0 Å². The Morgan fingerprint density at radius 2 is 1.71 bits per heavy atom. The van der Waals surface area contributed by atoms with Gasteiger partial charge in [-0.15, -0.1) is 0 Å². The highest BCUT2D eigenvalue weighted by molar-refractivity contribution is 6.30. The van der Waals surface area contributed by atoms with E-state index in [0.717, 1.165) is 23.7 Å². The van der Waals surface area contributed by atoms with E-state index in [1.165, 1.54) is 0 Å². The van der Waals surface area contributed by atoms with E-state index in [0.29, 0.717) is 25.2 Å². The lowest BCUT2D eigenvalue weighted by Crippen LogP contribution is -2.29. The number of hydrogen-bond acceptors (Lipinski definition) is 3. The summed E-state index contributed by atoms with van der Waals surface area (Å²) in [5, 5.41) is 4.16. The van der Waals surface area contributed by atoms with E-state index in [2.05, 4.69) is 33.0 Å². The van der Waals surface area contributed by atoms with Crippen LogP contribution in [-0.2, 0) is 9.47 Å². The summed E-state index contributed by atoms with van der Waals surface area (Å²) in [7, 11) is 0. The van der Waals surface area contributed by atoms with E-state index in [9.17, 15) is 0 Å². The SMILES string of the molecule is CC(C)COCCOC(CNC(C)C)c1ccc(Cl)cc1. The number of ether oxygens (including phenoxy) is 2. The van der Waals surface area contributed by atoms with E-state index < -0.39 is 0 Å². The van der Waals surface area contributed by atoms with Gasteiger partial charge in [-0.3, -0.25) is 0 Å². The highest BCUT2D eigenvalue weighted by Gasteiger charge is 2.12. The standard InChI is InChI=1S/C17H28ClNO2/c1-13(2)12-20-9-10-21-17(11-19-14(3)4)15-5-7-16(18)8-6-15/h5-8,13-14,17,19H,9-12H2,1-4H3. The molecule has 0 aliphatic heterocycles. The first-order valence-electron chi connectivity index (χ1n) is 7.67. The molecule has 21 heavy (non-hydrogen) atoms. The van der Waals surface area contributed by atoms with Crippen LogP contribution in [-0.4, -0.2) is 32.4 Å². The largest absolute Gasteiger partial charge is 0.379 e. The summed E-state index contributed by atoms with van der Waals surface area (Å²) in [6.45, 7) is 11.3. The normalized spacial score (nSPS) is 13.1. The average Bonchev–Trinajstić information content (AvgIpc) is 2.42. The predicted octanol–water partition coefficient (Wildman–Crippen LogP) is 4.07. The Kier molecular flexibility index (Phi) is 8.93. The Bertz CT molecular complexity index is 379. The minimum atomic E-state index is 0.0207. The van der Waals surface area contributed by atoms with Gasteiger partial charge in [-0.25, -0.2) is 0 Å². The van der Waals surface area contributed by atoms with Crippen LogP contribution in [0.2, 0.25) is 5.02 Å². The first-order valence-corrected chi connectivity index (χ1v) is 8.05. The van der Waals surface area contributed by atoms with Crippen LogP contribution in [0.25, 0.3) is 0 Å². The van der Waals surface area contributed by atoms with Crippen molar-refractivity contribution < 1.29 is 9.47 Å². The first kappa shape index (κ1) is 18.4. The number of hydrogen-bond donors (Lipinski definition) is 1. The summed E-state index contributed by atoms with van der Waals surface area (Å²) in [6, 6.07) is 8.27. The molecule has 4 heteroatoms. The molecule has 0 aromatic heterocycles. The van der Waals surface area contributed by atoms with Gasteiger partial charge in [-0.05, 0) is 23.6 Å². The van der Waals surface area contributed by atoms with Gasteiger partial charge in [0, 0.05) is 24.2 Å². The van der Waals surface area contributed by atoms with Crippen LogP contribution in [0, 0.1) is 5.92 Å². The van der Waals surface area contributed by atoms with Crippen LogP contribution >= 0.6 is 11.6 Å². The molecule has 1 N–H and O–H groups in total. The second kappa shape index (κ2) is 10.2. The van der Waals surface area contributed by atoms with Gasteiger partial charge in [0.2, 0.25) is 0 Å². The Balaban J connectivity index is 2.46. The molecule has 1 rings (SSSR count). The highest BCUT2D eigenvalue weighted by Crippen LogP contribution is 2.19. The van der Waals surface area contributed by atoms with Gasteiger partial charge in [0.05, 0.1) is 19.3 Å². The summed E-state index contributed by atoms with van der Waals surface area (Å²) in [5.74, 6) is 0.555. The molecule has 1 unspecified atom stereocenters. The van der Waals surface area contributed by atoms with Crippen molar-refractivity contribution in [2.75, 3.05) is 26.4 Å². The fourth-order valence-electron chi connectivity index (χ4n) is 1.86. The van der Waals surface area contributed by atoms with Crippen LogP contribution < -0.4 is 5.32 Å². The summed E-state index contributed by atoms with van der Waals surface area (Å²) in [4.78, 5) is 0. The molecule has 0 spiro atoms. The third-order valence-electron chi connectivity index (χ3n) is 2.95. The molecule has 0 fully saturated rings. The molecule has 120 valence electrons. The Labute approximate surface area is 134 Å². The smallest absolute Gasteiger partial charge is 0.0950 e. The molecule has 1 aromatic rings. The highest BCUT2D eigenvalue weighted by atomic mass is 35.5. The minimum Gasteiger partial charge on any atom is -0.379 e. The summed E-state index contributed by atoms with van der Waals surface area (Å²) in [6.07, 6.45) is 0.0207.